The van der Waals surface area contributed by atoms with Crippen molar-refractivity contribution in [2.45, 2.75) is 0 Å². The Hall–Kier alpha value is -3.00. The van der Waals surface area contributed by atoms with Gasteiger partial charge in [-0.15, -0.1) is 0 Å². The van der Waals surface area contributed by atoms with Crippen molar-refractivity contribution in [3.63, 3.8) is 0 Å². The summed E-state index contributed by atoms with van der Waals surface area (Å²) in [6.07, 6.45) is 0. The van der Waals surface area contributed by atoms with E-state index in [1.807, 2.05) is 30.1 Å². The molecule has 0 aliphatic carbocycles. The monoisotopic (exact) mass is 280 g/mol. The second kappa shape index (κ2) is 5.97. The van der Waals surface area contributed by atoms with E-state index in [1.54, 1.807) is 31.3 Å². The Bertz CT molecular complexity index is 718. The summed E-state index contributed by atoms with van der Waals surface area (Å²) in [6, 6.07) is 14.5. The zero-order valence-corrected chi connectivity index (χ0v) is 11.9. The molecule has 0 aliphatic rings. The highest BCUT2D eigenvalue weighted by atomic mass is 16.1. The van der Waals surface area contributed by atoms with Crippen molar-refractivity contribution in [1.29, 1.82) is 5.26 Å². The van der Waals surface area contributed by atoms with Gasteiger partial charge in [-0.05, 0) is 30.3 Å². The zero-order chi connectivity index (χ0) is 15.4. The number of nitriles is 1. The van der Waals surface area contributed by atoms with Crippen LogP contribution in [-0.2, 0) is 0 Å². The average molecular weight is 280 g/mol. The van der Waals surface area contributed by atoms with Gasteiger partial charge in [0.25, 0.3) is 5.91 Å². The molecule has 1 amide bonds. The molecule has 0 atom stereocenters. The molecule has 5 nitrogen and oxygen atoms in total. The maximum Gasteiger partial charge on any atom is 0.251 e. The van der Waals surface area contributed by atoms with E-state index in [0.29, 0.717) is 16.8 Å². The molecule has 5 heteroatoms. The maximum atomic E-state index is 11.6. The van der Waals surface area contributed by atoms with Crippen molar-refractivity contribution < 1.29 is 4.79 Å². The van der Waals surface area contributed by atoms with Gasteiger partial charge in [-0.25, -0.2) is 0 Å². The van der Waals surface area contributed by atoms with Gasteiger partial charge < -0.3 is 16.0 Å². The molecule has 21 heavy (non-hydrogen) atoms. The van der Waals surface area contributed by atoms with Crippen molar-refractivity contribution in [2.75, 3.05) is 24.7 Å². The van der Waals surface area contributed by atoms with Crippen LogP contribution in [0, 0.1) is 11.3 Å². The van der Waals surface area contributed by atoms with Gasteiger partial charge in [-0.3, -0.25) is 4.79 Å². The fraction of sp³-hybridized carbons (Fsp3) is 0.125. The highest BCUT2D eigenvalue weighted by Gasteiger charge is 2.13. The molecular weight excluding hydrogens is 264 g/mol. The van der Waals surface area contributed by atoms with Crippen LogP contribution in [0.25, 0.3) is 0 Å². The molecule has 3 N–H and O–H groups in total. The lowest BCUT2D eigenvalue weighted by Gasteiger charge is -2.22. The molecule has 0 heterocycles. The third-order valence-corrected chi connectivity index (χ3v) is 3.26. The Morgan fingerprint density at radius 1 is 1.24 bits per heavy atom. The standard InChI is InChI=1S/C16H16N4O/c1-19-16(21)11-7-8-15(13(18)9-11)20(2)14-6-4-3-5-12(14)10-17/h3-9H,18H2,1-2H3,(H,19,21). The topological polar surface area (TPSA) is 82.2 Å². The van der Waals surface area contributed by atoms with Gasteiger partial charge in [0.1, 0.15) is 6.07 Å². The highest BCUT2D eigenvalue weighted by molar-refractivity contribution is 5.96. The lowest BCUT2D eigenvalue weighted by molar-refractivity contribution is 0.0963. The van der Waals surface area contributed by atoms with Gasteiger partial charge in [0, 0.05) is 19.7 Å². The van der Waals surface area contributed by atoms with Crippen molar-refractivity contribution in [3.8, 4) is 6.07 Å². The van der Waals surface area contributed by atoms with Gasteiger partial charge in [0.05, 0.1) is 22.6 Å². The number of para-hydroxylation sites is 1. The second-order valence-corrected chi connectivity index (χ2v) is 4.54. The quantitative estimate of drug-likeness (QED) is 0.845. The number of rotatable bonds is 3. The zero-order valence-electron chi connectivity index (χ0n) is 11.9. The van der Waals surface area contributed by atoms with Crippen LogP contribution in [0.2, 0.25) is 0 Å². The number of benzene rings is 2. The lowest BCUT2D eigenvalue weighted by atomic mass is 10.1. The van der Waals surface area contributed by atoms with E-state index in [2.05, 4.69) is 11.4 Å². The van der Waals surface area contributed by atoms with Crippen LogP contribution in [-0.4, -0.2) is 20.0 Å². The smallest absolute Gasteiger partial charge is 0.251 e. The van der Waals surface area contributed by atoms with Crippen molar-refractivity contribution in [1.82, 2.24) is 5.32 Å². The molecule has 0 fully saturated rings. The molecule has 0 bridgehead atoms. The van der Waals surface area contributed by atoms with E-state index in [4.69, 9.17) is 5.73 Å². The van der Waals surface area contributed by atoms with Crippen LogP contribution >= 0.6 is 0 Å². The summed E-state index contributed by atoms with van der Waals surface area (Å²) in [5, 5.41) is 11.7. The number of nitrogen functional groups attached to an aromatic ring is 1. The Labute approximate surface area is 123 Å². The van der Waals surface area contributed by atoms with E-state index in [0.717, 1.165) is 11.4 Å². The lowest BCUT2D eigenvalue weighted by Crippen LogP contribution is -2.19. The first kappa shape index (κ1) is 14.4. The Morgan fingerprint density at radius 2 is 1.95 bits per heavy atom. The van der Waals surface area contributed by atoms with E-state index in [-0.39, 0.29) is 5.91 Å². The fourth-order valence-electron chi connectivity index (χ4n) is 2.14. The van der Waals surface area contributed by atoms with E-state index < -0.39 is 0 Å². The third-order valence-electron chi connectivity index (χ3n) is 3.26. The normalized spacial score (nSPS) is 9.76. The first-order valence-electron chi connectivity index (χ1n) is 6.43. The van der Waals surface area contributed by atoms with Gasteiger partial charge in [-0.1, -0.05) is 12.1 Å². The molecule has 0 saturated carbocycles. The minimum atomic E-state index is -0.187. The summed E-state index contributed by atoms with van der Waals surface area (Å²) in [7, 11) is 3.41. The van der Waals surface area contributed by atoms with E-state index in [1.165, 1.54) is 0 Å². The molecule has 0 aliphatic heterocycles. The summed E-state index contributed by atoms with van der Waals surface area (Å²) in [4.78, 5) is 13.4. The molecule has 0 unspecified atom stereocenters. The predicted octanol–water partition coefficient (Wildman–Crippen LogP) is 2.27. The fourth-order valence-corrected chi connectivity index (χ4v) is 2.14. The predicted molar refractivity (Wildman–Crippen MR) is 83.5 cm³/mol. The van der Waals surface area contributed by atoms with Crippen molar-refractivity contribution in [2.24, 2.45) is 0 Å². The first-order valence-corrected chi connectivity index (χ1v) is 6.43. The summed E-state index contributed by atoms with van der Waals surface area (Å²) in [6.45, 7) is 0. The van der Waals surface area contributed by atoms with E-state index in [9.17, 15) is 10.1 Å². The molecule has 2 aromatic carbocycles. The number of hydrogen-bond acceptors (Lipinski definition) is 4. The molecule has 0 aromatic heterocycles. The second-order valence-electron chi connectivity index (χ2n) is 4.54. The van der Waals surface area contributed by atoms with E-state index >= 15 is 0 Å². The van der Waals surface area contributed by atoms with Crippen LogP contribution < -0.4 is 16.0 Å². The minimum absolute atomic E-state index is 0.187. The molecular formula is C16H16N4O. The molecule has 0 saturated heterocycles. The number of carbonyl (C=O) groups is 1. The minimum Gasteiger partial charge on any atom is -0.397 e. The van der Waals surface area contributed by atoms with Crippen LogP contribution in [0.15, 0.2) is 42.5 Å². The first-order chi connectivity index (χ1) is 10.1. The molecule has 0 spiro atoms. The summed E-state index contributed by atoms with van der Waals surface area (Å²) in [5.41, 5.74) is 9.09. The molecule has 2 aromatic rings. The van der Waals surface area contributed by atoms with Gasteiger partial charge in [-0.2, -0.15) is 5.26 Å². The number of anilines is 3. The largest absolute Gasteiger partial charge is 0.397 e. The molecule has 0 radical (unpaired) electrons. The molecule has 106 valence electrons. The van der Waals surface area contributed by atoms with Crippen LogP contribution in [0.3, 0.4) is 0 Å². The van der Waals surface area contributed by atoms with Gasteiger partial charge in [0.2, 0.25) is 0 Å². The number of nitrogens with zero attached hydrogens (tertiary/aromatic N) is 2. The van der Waals surface area contributed by atoms with Crippen LogP contribution in [0.4, 0.5) is 17.1 Å². The number of nitrogens with one attached hydrogen (secondary N) is 1. The Morgan fingerprint density at radius 3 is 2.57 bits per heavy atom. The number of nitrogens with two attached hydrogens (primary N) is 1. The number of hydrogen-bond donors (Lipinski definition) is 2. The molecule has 2 rings (SSSR count). The summed E-state index contributed by atoms with van der Waals surface area (Å²) < 4.78 is 0. The number of amides is 1. The van der Waals surface area contributed by atoms with Gasteiger partial charge in [0.15, 0.2) is 0 Å². The Kier molecular flexibility index (Phi) is 4.10. The van der Waals surface area contributed by atoms with Crippen molar-refractivity contribution in [3.05, 3.63) is 53.6 Å². The highest BCUT2D eigenvalue weighted by Crippen LogP contribution is 2.31. The average Bonchev–Trinajstić information content (AvgIpc) is 2.53. The summed E-state index contributed by atoms with van der Waals surface area (Å²) >= 11 is 0. The van der Waals surface area contributed by atoms with Crippen LogP contribution in [0.1, 0.15) is 15.9 Å². The van der Waals surface area contributed by atoms with Gasteiger partial charge >= 0.3 is 0 Å². The SMILES string of the molecule is CNC(=O)c1ccc(N(C)c2ccccc2C#N)c(N)c1. The Balaban J connectivity index is 2.43. The van der Waals surface area contributed by atoms with Crippen molar-refractivity contribution >= 4 is 23.0 Å². The third kappa shape index (κ3) is 2.79. The van der Waals surface area contributed by atoms with Crippen LogP contribution in [0.5, 0.6) is 0 Å². The number of carbonyl (C=O) groups excluding carboxylic acids is 1. The maximum absolute atomic E-state index is 11.6. The summed E-state index contributed by atoms with van der Waals surface area (Å²) in [5.74, 6) is -0.187.